The van der Waals surface area contributed by atoms with E-state index in [1.165, 1.54) is 29.1 Å². The van der Waals surface area contributed by atoms with Crippen LogP contribution in [0.3, 0.4) is 0 Å². The molecule has 1 heterocycles. The van der Waals surface area contributed by atoms with Gasteiger partial charge in [0.05, 0.1) is 12.1 Å². The summed E-state index contributed by atoms with van der Waals surface area (Å²) in [6, 6.07) is 5.55. The van der Waals surface area contributed by atoms with E-state index in [9.17, 15) is 14.0 Å². The van der Waals surface area contributed by atoms with Gasteiger partial charge in [-0.3, -0.25) is 9.59 Å². The molecular formula is C13H13FN4O3. The number of rotatable bonds is 6. The summed E-state index contributed by atoms with van der Waals surface area (Å²) >= 11 is 0. The van der Waals surface area contributed by atoms with Crippen LogP contribution in [-0.2, 0) is 22.6 Å². The number of carbonyl (C=O) groups excluding carboxylic acids is 1. The van der Waals surface area contributed by atoms with Crippen LogP contribution in [0.1, 0.15) is 12.1 Å². The highest BCUT2D eigenvalue weighted by Gasteiger charge is 2.08. The zero-order chi connectivity index (χ0) is 15.2. The second-order valence-corrected chi connectivity index (χ2v) is 4.36. The zero-order valence-electron chi connectivity index (χ0n) is 11.0. The summed E-state index contributed by atoms with van der Waals surface area (Å²) in [7, 11) is 0. The minimum atomic E-state index is -0.923. The second kappa shape index (κ2) is 6.60. The molecule has 0 unspecified atom stereocenters. The zero-order valence-corrected chi connectivity index (χ0v) is 11.0. The van der Waals surface area contributed by atoms with Gasteiger partial charge in [-0.25, -0.2) is 9.07 Å². The molecule has 0 saturated heterocycles. The molecule has 2 aromatic rings. The minimum absolute atomic E-state index is 0.0474. The van der Waals surface area contributed by atoms with Crippen molar-refractivity contribution in [2.75, 3.05) is 5.32 Å². The molecule has 21 heavy (non-hydrogen) atoms. The van der Waals surface area contributed by atoms with E-state index >= 15 is 0 Å². The van der Waals surface area contributed by atoms with Gasteiger partial charge in [-0.15, -0.1) is 5.10 Å². The lowest BCUT2D eigenvalue weighted by atomic mass is 10.2. The molecular weight excluding hydrogens is 279 g/mol. The number of halogens is 1. The molecule has 8 heteroatoms. The van der Waals surface area contributed by atoms with Crippen molar-refractivity contribution in [2.24, 2.45) is 0 Å². The monoisotopic (exact) mass is 292 g/mol. The van der Waals surface area contributed by atoms with E-state index in [2.05, 4.69) is 15.6 Å². The van der Waals surface area contributed by atoms with Crippen molar-refractivity contribution in [2.45, 2.75) is 19.4 Å². The van der Waals surface area contributed by atoms with Gasteiger partial charge in [0.15, 0.2) is 0 Å². The number of hydrogen-bond donors (Lipinski definition) is 2. The van der Waals surface area contributed by atoms with Crippen LogP contribution >= 0.6 is 0 Å². The van der Waals surface area contributed by atoms with Crippen LogP contribution in [0.5, 0.6) is 0 Å². The van der Waals surface area contributed by atoms with E-state index < -0.39 is 11.8 Å². The predicted octanol–water partition coefficient (Wildman–Crippen LogP) is 1.07. The molecule has 0 atom stereocenters. The van der Waals surface area contributed by atoms with Gasteiger partial charge in [0, 0.05) is 18.3 Å². The van der Waals surface area contributed by atoms with Gasteiger partial charge in [-0.2, -0.15) is 0 Å². The van der Waals surface area contributed by atoms with Crippen molar-refractivity contribution in [1.29, 1.82) is 0 Å². The molecule has 0 aliphatic carbocycles. The lowest BCUT2D eigenvalue weighted by Gasteiger charge is -2.04. The highest BCUT2D eigenvalue weighted by molar-refractivity contribution is 5.90. The fraction of sp³-hybridized carbons (Fsp3) is 0.231. The average Bonchev–Trinajstić information content (AvgIpc) is 2.83. The van der Waals surface area contributed by atoms with Crippen molar-refractivity contribution in [1.82, 2.24) is 15.0 Å². The van der Waals surface area contributed by atoms with Gasteiger partial charge in [0.25, 0.3) is 0 Å². The molecule has 0 aliphatic rings. The number of nitrogens with zero attached hydrogens (tertiary/aromatic N) is 3. The van der Waals surface area contributed by atoms with E-state index in [0.717, 1.165) is 0 Å². The van der Waals surface area contributed by atoms with Crippen LogP contribution in [0.15, 0.2) is 30.5 Å². The number of nitrogens with one attached hydrogen (secondary N) is 1. The molecule has 0 radical (unpaired) electrons. The Hall–Kier alpha value is -2.77. The van der Waals surface area contributed by atoms with Crippen molar-refractivity contribution in [3.63, 3.8) is 0 Å². The Morgan fingerprint density at radius 3 is 2.90 bits per heavy atom. The lowest BCUT2D eigenvalue weighted by Crippen LogP contribution is -2.19. The van der Waals surface area contributed by atoms with Gasteiger partial charge in [-0.05, 0) is 18.2 Å². The van der Waals surface area contributed by atoms with E-state index in [0.29, 0.717) is 11.4 Å². The third-order valence-corrected chi connectivity index (χ3v) is 2.60. The first-order valence-corrected chi connectivity index (χ1v) is 6.19. The SMILES string of the molecule is O=C(O)CCc1cn(CC(=O)Nc2cccc(F)c2)nn1. The van der Waals surface area contributed by atoms with E-state index in [1.807, 2.05) is 0 Å². The summed E-state index contributed by atoms with van der Waals surface area (Å²) in [5.74, 6) is -1.74. The summed E-state index contributed by atoms with van der Waals surface area (Å²) in [6.45, 7) is -0.0867. The average molecular weight is 292 g/mol. The molecule has 1 amide bonds. The van der Waals surface area contributed by atoms with Crippen molar-refractivity contribution >= 4 is 17.6 Å². The van der Waals surface area contributed by atoms with Crippen LogP contribution in [0.2, 0.25) is 0 Å². The Bertz CT molecular complexity index is 656. The van der Waals surface area contributed by atoms with Gasteiger partial charge >= 0.3 is 5.97 Å². The highest BCUT2D eigenvalue weighted by Crippen LogP contribution is 2.09. The normalized spacial score (nSPS) is 10.3. The molecule has 0 aliphatic heterocycles. The van der Waals surface area contributed by atoms with E-state index in [1.54, 1.807) is 6.07 Å². The van der Waals surface area contributed by atoms with E-state index in [4.69, 9.17) is 5.11 Å². The highest BCUT2D eigenvalue weighted by atomic mass is 19.1. The Labute approximate surface area is 119 Å². The van der Waals surface area contributed by atoms with Crippen LogP contribution < -0.4 is 5.32 Å². The number of amides is 1. The number of aliphatic carboxylic acids is 1. The number of aryl methyl sites for hydroxylation is 1. The summed E-state index contributed by atoms with van der Waals surface area (Å²) in [5, 5.41) is 18.6. The lowest BCUT2D eigenvalue weighted by molar-refractivity contribution is -0.137. The van der Waals surface area contributed by atoms with Gasteiger partial charge < -0.3 is 10.4 Å². The first-order valence-electron chi connectivity index (χ1n) is 6.19. The maximum atomic E-state index is 13.0. The number of anilines is 1. The maximum Gasteiger partial charge on any atom is 0.303 e. The fourth-order valence-corrected chi connectivity index (χ4v) is 1.68. The Morgan fingerprint density at radius 1 is 1.38 bits per heavy atom. The second-order valence-electron chi connectivity index (χ2n) is 4.36. The molecule has 110 valence electrons. The van der Waals surface area contributed by atoms with Crippen molar-refractivity contribution in [3.8, 4) is 0 Å². The van der Waals surface area contributed by atoms with Gasteiger partial charge in [0.2, 0.25) is 5.91 Å². The molecule has 2 rings (SSSR count). The Balaban J connectivity index is 1.89. The summed E-state index contributed by atoms with van der Waals surface area (Å²) in [6.07, 6.45) is 1.71. The number of carbonyl (C=O) groups is 2. The Morgan fingerprint density at radius 2 is 2.19 bits per heavy atom. The number of benzene rings is 1. The summed E-state index contributed by atoms with van der Waals surface area (Å²) < 4.78 is 14.3. The van der Waals surface area contributed by atoms with Crippen LogP contribution in [0, 0.1) is 5.82 Å². The van der Waals surface area contributed by atoms with Crippen LogP contribution in [0.4, 0.5) is 10.1 Å². The van der Waals surface area contributed by atoms with E-state index in [-0.39, 0.29) is 25.3 Å². The van der Waals surface area contributed by atoms with Gasteiger partial charge in [0.1, 0.15) is 12.4 Å². The minimum Gasteiger partial charge on any atom is -0.481 e. The first-order chi connectivity index (χ1) is 10.0. The van der Waals surface area contributed by atoms with Crippen molar-refractivity contribution < 1.29 is 19.1 Å². The molecule has 0 spiro atoms. The summed E-state index contributed by atoms with van der Waals surface area (Å²) in [5.41, 5.74) is 0.849. The Kier molecular flexibility index (Phi) is 4.60. The van der Waals surface area contributed by atoms with Gasteiger partial charge in [-0.1, -0.05) is 11.3 Å². The smallest absolute Gasteiger partial charge is 0.303 e. The molecule has 7 nitrogen and oxygen atoms in total. The number of carboxylic acid groups (broad SMARTS) is 1. The molecule has 0 fully saturated rings. The third-order valence-electron chi connectivity index (χ3n) is 2.60. The quantitative estimate of drug-likeness (QED) is 0.830. The first kappa shape index (κ1) is 14.6. The van der Waals surface area contributed by atoms with Crippen LogP contribution in [0.25, 0.3) is 0 Å². The number of carboxylic acids is 1. The number of hydrogen-bond acceptors (Lipinski definition) is 4. The standard InChI is InChI=1S/C13H13FN4O3/c14-9-2-1-3-10(6-9)15-12(19)8-18-7-11(16-17-18)4-5-13(20)21/h1-3,6-7H,4-5,8H2,(H,15,19)(H,20,21). The summed E-state index contributed by atoms with van der Waals surface area (Å²) in [4.78, 5) is 22.2. The predicted molar refractivity (Wildman–Crippen MR) is 71.0 cm³/mol. The largest absolute Gasteiger partial charge is 0.481 e. The molecule has 0 bridgehead atoms. The van der Waals surface area contributed by atoms with Crippen molar-refractivity contribution in [3.05, 3.63) is 42.0 Å². The molecule has 1 aromatic carbocycles. The molecule has 0 saturated carbocycles. The topological polar surface area (TPSA) is 97.1 Å². The third kappa shape index (κ3) is 4.68. The van der Waals surface area contributed by atoms with Crippen LogP contribution in [-0.4, -0.2) is 32.0 Å². The number of aromatic nitrogens is 3. The maximum absolute atomic E-state index is 13.0. The molecule has 1 aromatic heterocycles. The fourth-order valence-electron chi connectivity index (χ4n) is 1.68. The molecule has 2 N–H and O–H groups in total.